The van der Waals surface area contributed by atoms with Crippen LogP contribution in [0.2, 0.25) is 5.02 Å². The van der Waals surface area contributed by atoms with Crippen LogP contribution in [0.4, 0.5) is 4.39 Å². The summed E-state index contributed by atoms with van der Waals surface area (Å²) in [4.78, 5) is 14.4. The average Bonchev–Trinajstić information content (AvgIpc) is 3.34. The summed E-state index contributed by atoms with van der Waals surface area (Å²) in [7, 11) is 1.64. The van der Waals surface area contributed by atoms with Crippen LogP contribution in [0.3, 0.4) is 0 Å². The predicted octanol–water partition coefficient (Wildman–Crippen LogP) is 5.33. The lowest BCUT2D eigenvalue weighted by atomic mass is 9.98. The van der Waals surface area contributed by atoms with Crippen molar-refractivity contribution in [1.29, 1.82) is 0 Å². The molecule has 1 saturated carbocycles. The van der Waals surface area contributed by atoms with Crippen molar-refractivity contribution >= 4 is 17.5 Å². The highest BCUT2D eigenvalue weighted by Gasteiger charge is 2.31. The first-order valence-corrected chi connectivity index (χ1v) is 10.5. The Kier molecular flexibility index (Phi) is 5.95. The van der Waals surface area contributed by atoms with Crippen molar-refractivity contribution in [1.82, 2.24) is 4.90 Å². The quantitative estimate of drug-likeness (QED) is 0.638. The molecule has 1 heterocycles. The lowest BCUT2D eigenvalue weighted by Crippen LogP contribution is -2.24. The van der Waals surface area contributed by atoms with Crippen molar-refractivity contribution < 1.29 is 18.7 Å². The van der Waals surface area contributed by atoms with Crippen molar-refractivity contribution in [3.63, 3.8) is 0 Å². The fourth-order valence-electron chi connectivity index (χ4n) is 4.23. The molecule has 2 aromatic rings. The van der Waals surface area contributed by atoms with E-state index < -0.39 is 0 Å². The number of halogens is 2. The first kappa shape index (κ1) is 20.0. The van der Waals surface area contributed by atoms with E-state index in [-0.39, 0.29) is 23.7 Å². The number of benzene rings is 2. The van der Waals surface area contributed by atoms with Gasteiger partial charge < -0.3 is 14.4 Å². The van der Waals surface area contributed by atoms with Gasteiger partial charge in [0.1, 0.15) is 5.82 Å². The summed E-state index contributed by atoms with van der Waals surface area (Å²) in [6, 6.07) is 10.2. The standard InChI is InChI=1S/C23H25ClFNO3/c1-28-21-9-7-15(10-22(21)29-19-4-2-3-5-19)17-11-23(27)26(14-17)13-16-6-8-18(25)12-20(16)24/h6-10,12,17,19H,2-5,11,13-14H2,1H3/t17-/m0/s1. The number of methoxy groups -OCH3 is 1. The van der Waals surface area contributed by atoms with Gasteiger partial charge in [-0.3, -0.25) is 4.79 Å². The second kappa shape index (κ2) is 8.62. The number of carbonyl (C=O) groups excluding carboxylic acids is 1. The van der Waals surface area contributed by atoms with Crippen LogP contribution in [0.25, 0.3) is 0 Å². The third-order valence-electron chi connectivity index (χ3n) is 5.85. The molecule has 0 radical (unpaired) electrons. The van der Waals surface area contributed by atoms with E-state index in [0.29, 0.717) is 24.5 Å². The molecule has 1 saturated heterocycles. The van der Waals surface area contributed by atoms with Gasteiger partial charge in [0.05, 0.1) is 13.2 Å². The number of hydrogen-bond acceptors (Lipinski definition) is 3. The molecule has 1 aliphatic heterocycles. The van der Waals surface area contributed by atoms with Gasteiger partial charge in [0.15, 0.2) is 11.5 Å². The van der Waals surface area contributed by atoms with Gasteiger partial charge in [0.2, 0.25) is 5.91 Å². The van der Waals surface area contributed by atoms with Crippen LogP contribution in [0.5, 0.6) is 11.5 Å². The largest absolute Gasteiger partial charge is 0.493 e. The second-order valence-corrected chi connectivity index (χ2v) is 8.25. The topological polar surface area (TPSA) is 38.8 Å². The minimum absolute atomic E-state index is 0.0736. The number of nitrogens with zero attached hydrogens (tertiary/aromatic N) is 1. The molecule has 154 valence electrons. The van der Waals surface area contributed by atoms with Crippen LogP contribution < -0.4 is 9.47 Å². The number of likely N-dealkylation sites (tertiary alicyclic amines) is 1. The molecule has 6 heteroatoms. The summed E-state index contributed by atoms with van der Waals surface area (Å²) >= 11 is 6.14. The van der Waals surface area contributed by atoms with Crippen LogP contribution >= 0.6 is 11.6 Å². The minimum Gasteiger partial charge on any atom is -0.493 e. The number of amides is 1. The van der Waals surface area contributed by atoms with E-state index in [1.54, 1.807) is 18.1 Å². The molecular formula is C23H25ClFNO3. The molecular weight excluding hydrogens is 393 g/mol. The highest BCUT2D eigenvalue weighted by Crippen LogP contribution is 2.37. The van der Waals surface area contributed by atoms with E-state index in [2.05, 4.69) is 0 Å². The van der Waals surface area contributed by atoms with Gasteiger partial charge in [-0.15, -0.1) is 0 Å². The van der Waals surface area contributed by atoms with Crippen LogP contribution in [-0.2, 0) is 11.3 Å². The molecule has 0 unspecified atom stereocenters. The SMILES string of the molecule is COc1ccc([C@H]2CC(=O)N(Cc3ccc(F)cc3Cl)C2)cc1OC1CCCC1. The monoisotopic (exact) mass is 417 g/mol. The molecule has 0 spiro atoms. The Bertz CT molecular complexity index is 898. The van der Waals surface area contributed by atoms with Crippen molar-refractivity contribution in [3.8, 4) is 11.5 Å². The highest BCUT2D eigenvalue weighted by molar-refractivity contribution is 6.31. The van der Waals surface area contributed by atoms with Gasteiger partial charge in [-0.05, 0) is 61.1 Å². The summed E-state index contributed by atoms with van der Waals surface area (Å²) in [6.07, 6.45) is 5.22. The molecule has 2 aliphatic rings. The highest BCUT2D eigenvalue weighted by atomic mass is 35.5. The van der Waals surface area contributed by atoms with E-state index in [1.807, 2.05) is 18.2 Å². The molecule has 1 atom stereocenters. The van der Waals surface area contributed by atoms with Gasteiger partial charge in [-0.2, -0.15) is 0 Å². The Hall–Kier alpha value is -2.27. The molecule has 0 N–H and O–H groups in total. The molecule has 29 heavy (non-hydrogen) atoms. The van der Waals surface area contributed by atoms with Crippen LogP contribution in [0.1, 0.15) is 49.1 Å². The lowest BCUT2D eigenvalue weighted by molar-refractivity contribution is -0.128. The Balaban J connectivity index is 1.49. The Labute approximate surface area is 175 Å². The first-order valence-electron chi connectivity index (χ1n) is 10.1. The molecule has 1 amide bonds. The summed E-state index contributed by atoms with van der Waals surface area (Å²) in [5.41, 5.74) is 1.82. The fourth-order valence-corrected chi connectivity index (χ4v) is 4.46. The van der Waals surface area contributed by atoms with Crippen molar-refractivity contribution in [3.05, 3.63) is 58.4 Å². The lowest BCUT2D eigenvalue weighted by Gasteiger charge is -2.20. The Morgan fingerprint density at radius 3 is 2.66 bits per heavy atom. The zero-order valence-corrected chi connectivity index (χ0v) is 17.3. The van der Waals surface area contributed by atoms with E-state index in [4.69, 9.17) is 21.1 Å². The van der Waals surface area contributed by atoms with Crippen LogP contribution in [0.15, 0.2) is 36.4 Å². The van der Waals surface area contributed by atoms with Crippen LogP contribution in [0, 0.1) is 5.82 Å². The maximum Gasteiger partial charge on any atom is 0.223 e. The van der Waals surface area contributed by atoms with Gasteiger partial charge in [-0.1, -0.05) is 23.7 Å². The molecule has 0 aromatic heterocycles. The Morgan fingerprint density at radius 1 is 1.14 bits per heavy atom. The summed E-state index contributed by atoms with van der Waals surface area (Å²) in [5, 5.41) is 0.345. The normalized spacial score (nSPS) is 19.8. The smallest absolute Gasteiger partial charge is 0.223 e. The Morgan fingerprint density at radius 2 is 1.93 bits per heavy atom. The first-order chi connectivity index (χ1) is 14.0. The summed E-state index contributed by atoms with van der Waals surface area (Å²) < 4.78 is 24.9. The van der Waals surface area contributed by atoms with E-state index in [1.165, 1.54) is 25.0 Å². The molecule has 2 aromatic carbocycles. The third kappa shape index (κ3) is 4.50. The van der Waals surface area contributed by atoms with Gasteiger partial charge in [0.25, 0.3) is 0 Å². The molecule has 4 nitrogen and oxygen atoms in total. The zero-order chi connectivity index (χ0) is 20.4. The third-order valence-corrected chi connectivity index (χ3v) is 6.20. The van der Waals surface area contributed by atoms with Crippen molar-refractivity contribution in [2.24, 2.45) is 0 Å². The van der Waals surface area contributed by atoms with Crippen molar-refractivity contribution in [2.75, 3.05) is 13.7 Å². The van der Waals surface area contributed by atoms with E-state index in [9.17, 15) is 9.18 Å². The van der Waals surface area contributed by atoms with Crippen molar-refractivity contribution in [2.45, 2.75) is 50.7 Å². The van der Waals surface area contributed by atoms with Gasteiger partial charge in [0, 0.05) is 30.5 Å². The number of hydrogen-bond donors (Lipinski definition) is 0. The molecule has 0 bridgehead atoms. The van der Waals surface area contributed by atoms with Gasteiger partial charge in [-0.25, -0.2) is 4.39 Å². The summed E-state index contributed by atoms with van der Waals surface area (Å²) in [5.74, 6) is 1.25. The van der Waals surface area contributed by atoms with Crippen LogP contribution in [-0.4, -0.2) is 30.6 Å². The molecule has 2 fully saturated rings. The average molecular weight is 418 g/mol. The maximum absolute atomic E-state index is 13.3. The number of ether oxygens (including phenoxy) is 2. The minimum atomic E-state index is -0.377. The molecule has 1 aliphatic carbocycles. The van der Waals surface area contributed by atoms with Gasteiger partial charge >= 0.3 is 0 Å². The second-order valence-electron chi connectivity index (χ2n) is 7.85. The summed E-state index contributed by atoms with van der Waals surface area (Å²) in [6.45, 7) is 0.984. The fraction of sp³-hybridized carbons (Fsp3) is 0.435. The zero-order valence-electron chi connectivity index (χ0n) is 16.5. The number of rotatable bonds is 6. The maximum atomic E-state index is 13.3. The predicted molar refractivity (Wildman–Crippen MR) is 110 cm³/mol. The molecule has 4 rings (SSSR count). The van der Waals surface area contributed by atoms with E-state index >= 15 is 0 Å². The number of carbonyl (C=O) groups is 1. The van der Waals surface area contributed by atoms with E-state index in [0.717, 1.165) is 35.5 Å².